The van der Waals surface area contributed by atoms with Gasteiger partial charge >= 0.3 is 5.97 Å². The van der Waals surface area contributed by atoms with Gasteiger partial charge in [-0.3, -0.25) is 9.59 Å². The number of nitrogens with zero attached hydrogens (tertiary/aromatic N) is 2. The lowest BCUT2D eigenvalue weighted by Crippen LogP contribution is -2.37. The third-order valence-electron chi connectivity index (χ3n) is 3.60. The summed E-state index contributed by atoms with van der Waals surface area (Å²) in [5.74, 6) is -0.131. The van der Waals surface area contributed by atoms with E-state index >= 15 is 0 Å². The van der Waals surface area contributed by atoms with Gasteiger partial charge < -0.3 is 15.0 Å². The summed E-state index contributed by atoms with van der Waals surface area (Å²) in [6, 6.07) is 1.28. The summed E-state index contributed by atoms with van der Waals surface area (Å²) in [6.07, 6.45) is 1.89. The van der Waals surface area contributed by atoms with Crippen LogP contribution in [0.3, 0.4) is 0 Å². The number of thioether (sulfide) groups is 1. The fraction of sp³-hybridized carbons (Fsp3) is 0.571. The molecule has 1 aromatic heterocycles. The summed E-state index contributed by atoms with van der Waals surface area (Å²) in [5.41, 5.74) is 0.0784. The normalized spacial score (nSPS) is 16.0. The van der Waals surface area contributed by atoms with Gasteiger partial charge in [-0.05, 0) is 12.5 Å². The Morgan fingerprint density at radius 2 is 2.04 bits per heavy atom. The first kappa shape index (κ1) is 18.8. The Labute approximate surface area is 145 Å². The van der Waals surface area contributed by atoms with E-state index < -0.39 is 28.4 Å². The molecule has 0 bridgehead atoms. The number of rotatable bonds is 7. The van der Waals surface area contributed by atoms with Gasteiger partial charge in [0.25, 0.3) is 5.91 Å². The predicted octanol–water partition coefficient (Wildman–Crippen LogP) is 0.689. The zero-order valence-corrected chi connectivity index (χ0v) is 15.0. The second kappa shape index (κ2) is 8.04. The van der Waals surface area contributed by atoms with E-state index in [-0.39, 0.29) is 17.1 Å². The van der Waals surface area contributed by atoms with Crippen molar-refractivity contribution in [1.82, 2.24) is 14.2 Å². The Bertz CT molecular complexity index is 695. The third-order valence-corrected chi connectivity index (χ3v) is 6.42. The van der Waals surface area contributed by atoms with Crippen LogP contribution < -0.4 is 0 Å². The number of hydrogen-bond donors (Lipinski definition) is 2. The molecule has 1 aliphatic rings. The highest BCUT2D eigenvalue weighted by atomic mass is 32.2. The highest BCUT2D eigenvalue weighted by Crippen LogP contribution is 2.21. The molecule has 0 radical (unpaired) electrons. The van der Waals surface area contributed by atoms with Crippen molar-refractivity contribution in [2.75, 3.05) is 37.7 Å². The van der Waals surface area contributed by atoms with Crippen molar-refractivity contribution < 1.29 is 23.1 Å². The van der Waals surface area contributed by atoms with Crippen molar-refractivity contribution in [2.45, 2.75) is 18.2 Å². The SMILES string of the molecule is CCCN(CC(=O)O)C(=O)c1cc(S(=O)(=O)N2CCSCC2)c[nH]1. The number of carbonyl (C=O) groups excluding carboxylic acids is 1. The molecule has 1 aromatic rings. The summed E-state index contributed by atoms with van der Waals surface area (Å²) >= 11 is 1.70. The van der Waals surface area contributed by atoms with E-state index in [0.29, 0.717) is 19.5 Å². The topological polar surface area (TPSA) is 111 Å². The minimum atomic E-state index is -3.63. The summed E-state index contributed by atoms with van der Waals surface area (Å²) < 4.78 is 26.6. The van der Waals surface area contributed by atoms with Gasteiger partial charge in [-0.15, -0.1) is 0 Å². The number of H-pyrrole nitrogens is 1. The number of carbonyl (C=O) groups is 2. The number of aromatic amines is 1. The Morgan fingerprint density at radius 1 is 1.38 bits per heavy atom. The van der Waals surface area contributed by atoms with Gasteiger partial charge in [0.05, 0.1) is 0 Å². The fourth-order valence-electron chi connectivity index (χ4n) is 2.44. The van der Waals surface area contributed by atoms with Crippen LogP contribution in [-0.4, -0.2) is 77.3 Å². The van der Waals surface area contributed by atoms with E-state index in [1.807, 2.05) is 6.92 Å². The molecular formula is C14H21N3O5S2. The van der Waals surface area contributed by atoms with Crippen LogP contribution in [0, 0.1) is 0 Å². The molecule has 2 N–H and O–H groups in total. The van der Waals surface area contributed by atoms with E-state index in [1.54, 1.807) is 11.8 Å². The average Bonchev–Trinajstić information content (AvgIpc) is 3.05. The number of aliphatic carboxylic acids is 1. The first-order chi connectivity index (χ1) is 11.4. The average molecular weight is 375 g/mol. The molecule has 1 fully saturated rings. The van der Waals surface area contributed by atoms with Crippen LogP contribution in [0.4, 0.5) is 0 Å². The Morgan fingerprint density at radius 3 is 2.62 bits per heavy atom. The summed E-state index contributed by atoms with van der Waals surface area (Å²) in [5, 5.41) is 8.90. The molecule has 2 heterocycles. The molecule has 134 valence electrons. The van der Waals surface area contributed by atoms with Gasteiger partial charge in [0.1, 0.15) is 17.1 Å². The first-order valence-corrected chi connectivity index (χ1v) is 10.2. The maximum atomic E-state index is 12.6. The molecule has 0 saturated carbocycles. The fourth-order valence-corrected chi connectivity index (χ4v) is 5.01. The number of amides is 1. The highest BCUT2D eigenvalue weighted by Gasteiger charge is 2.28. The molecule has 0 atom stereocenters. The van der Waals surface area contributed by atoms with Gasteiger partial charge in [-0.1, -0.05) is 6.92 Å². The Kier molecular flexibility index (Phi) is 6.30. The van der Waals surface area contributed by atoms with Crippen LogP contribution in [0.25, 0.3) is 0 Å². The van der Waals surface area contributed by atoms with E-state index in [4.69, 9.17) is 5.11 Å². The Hall–Kier alpha value is -1.52. The minimum Gasteiger partial charge on any atom is -0.480 e. The smallest absolute Gasteiger partial charge is 0.323 e. The standard InChI is InChI=1S/C14H21N3O5S2/c1-2-3-16(10-13(18)19)14(20)12-8-11(9-15-12)24(21,22)17-4-6-23-7-5-17/h8-9,15H,2-7,10H2,1H3,(H,18,19). The molecule has 0 unspecified atom stereocenters. The monoisotopic (exact) mass is 375 g/mol. The molecule has 1 amide bonds. The number of carboxylic acid groups (broad SMARTS) is 1. The molecule has 24 heavy (non-hydrogen) atoms. The second-order valence-electron chi connectivity index (χ2n) is 5.39. The van der Waals surface area contributed by atoms with Crippen LogP contribution in [0.5, 0.6) is 0 Å². The van der Waals surface area contributed by atoms with Gasteiger partial charge in [0.15, 0.2) is 0 Å². The zero-order valence-electron chi connectivity index (χ0n) is 13.4. The molecule has 0 aliphatic carbocycles. The van der Waals surface area contributed by atoms with E-state index in [9.17, 15) is 18.0 Å². The number of nitrogens with one attached hydrogen (secondary N) is 1. The van der Waals surface area contributed by atoms with E-state index in [1.165, 1.54) is 21.5 Å². The lowest BCUT2D eigenvalue weighted by molar-refractivity contribution is -0.137. The molecule has 1 saturated heterocycles. The van der Waals surface area contributed by atoms with Crippen LogP contribution in [0.15, 0.2) is 17.2 Å². The maximum absolute atomic E-state index is 12.6. The minimum absolute atomic E-state index is 0.0320. The molecule has 8 nitrogen and oxygen atoms in total. The van der Waals surface area contributed by atoms with E-state index in [0.717, 1.165) is 11.5 Å². The van der Waals surface area contributed by atoms with Gasteiger partial charge in [0, 0.05) is 37.3 Å². The number of carboxylic acids is 1. The van der Waals surface area contributed by atoms with Crippen LogP contribution >= 0.6 is 11.8 Å². The largest absolute Gasteiger partial charge is 0.480 e. The maximum Gasteiger partial charge on any atom is 0.323 e. The van der Waals surface area contributed by atoms with Gasteiger partial charge in [-0.25, -0.2) is 8.42 Å². The first-order valence-electron chi connectivity index (χ1n) is 7.63. The van der Waals surface area contributed by atoms with Crippen LogP contribution in [-0.2, 0) is 14.8 Å². The van der Waals surface area contributed by atoms with Crippen molar-refractivity contribution in [3.8, 4) is 0 Å². The summed E-state index contributed by atoms with van der Waals surface area (Å²) in [6.45, 7) is 2.60. The van der Waals surface area contributed by atoms with E-state index in [2.05, 4.69) is 4.98 Å². The van der Waals surface area contributed by atoms with Crippen LogP contribution in [0.2, 0.25) is 0 Å². The molecule has 2 rings (SSSR count). The van der Waals surface area contributed by atoms with Gasteiger partial charge in [0.2, 0.25) is 10.0 Å². The predicted molar refractivity (Wildman–Crippen MR) is 90.7 cm³/mol. The van der Waals surface area contributed by atoms with Crippen molar-refractivity contribution in [3.63, 3.8) is 0 Å². The third kappa shape index (κ3) is 4.31. The summed E-state index contributed by atoms with van der Waals surface area (Å²) in [4.78, 5) is 27.2. The number of hydrogen-bond acceptors (Lipinski definition) is 5. The second-order valence-corrected chi connectivity index (χ2v) is 8.55. The number of sulfonamides is 1. The Balaban J connectivity index is 2.19. The molecule has 1 aliphatic heterocycles. The lowest BCUT2D eigenvalue weighted by atomic mass is 10.3. The quantitative estimate of drug-likeness (QED) is 0.725. The highest BCUT2D eigenvalue weighted by molar-refractivity contribution is 7.99. The van der Waals surface area contributed by atoms with Crippen molar-refractivity contribution in [3.05, 3.63) is 18.0 Å². The number of aromatic nitrogens is 1. The summed E-state index contributed by atoms with van der Waals surface area (Å²) in [7, 11) is -3.63. The lowest BCUT2D eigenvalue weighted by Gasteiger charge is -2.25. The van der Waals surface area contributed by atoms with Crippen molar-refractivity contribution in [1.29, 1.82) is 0 Å². The van der Waals surface area contributed by atoms with Crippen molar-refractivity contribution in [2.24, 2.45) is 0 Å². The molecule has 0 aromatic carbocycles. The van der Waals surface area contributed by atoms with Gasteiger partial charge in [-0.2, -0.15) is 16.1 Å². The molecule has 10 heteroatoms. The van der Waals surface area contributed by atoms with Crippen LogP contribution in [0.1, 0.15) is 23.8 Å². The molecular weight excluding hydrogens is 354 g/mol. The van der Waals surface area contributed by atoms with Crippen molar-refractivity contribution >= 4 is 33.7 Å². The zero-order chi connectivity index (χ0) is 17.7. The molecule has 0 spiro atoms.